The largest absolute Gasteiger partial charge is 0.385 e. The molecule has 1 nitrogen and oxygen atoms in total. The van der Waals surface area contributed by atoms with E-state index in [4.69, 9.17) is 27.9 Å². The molecule has 0 spiro atoms. The van der Waals surface area contributed by atoms with Gasteiger partial charge in [0.25, 0.3) is 0 Å². The van der Waals surface area contributed by atoms with Crippen LogP contribution in [0, 0.1) is 5.92 Å². The Hall–Kier alpha value is -0.240. The number of unbranched alkanes of at least 4 members (excludes halogenated alkanes) is 2. The zero-order valence-electron chi connectivity index (χ0n) is 12.9. The van der Waals surface area contributed by atoms with Crippen molar-refractivity contribution < 1.29 is 4.74 Å². The minimum Gasteiger partial charge on any atom is -0.385 e. The Kier molecular flexibility index (Phi) is 7.36. The van der Waals surface area contributed by atoms with E-state index in [-0.39, 0.29) is 0 Å². The third-order valence-electron chi connectivity index (χ3n) is 4.72. The average molecular weight is 329 g/mol. The molecule has 0 amide bonds. The molecule has 118 valence electrons. The zero-order valence-corrected chi connectivity index (χ0v) is 14.4. The molecule has 0 heterocycles. The van der Waals surface area contributed by atoms with Crippen LogP contribution in [0.15, 0.2) is 18.2 Å². The molecule has 1 aliphatic carbocycles. The van der Waals surface area contributed by atoms with E-state index in [9.17, 15) is 0 Å². The summed E-state index contributed by atoms with van der Waals surface area (Å²) in [7, 11) is 1.78. The molecule has 0 aliphatic heterocycles. The highest BCUT2D eigenvalue weighted by molar-refractivity contribution is 6.42. The molecule has 0 unspecified atom stereocenters. The number of benzene rings is 1. The fraction of sp³-hybridized carbons (Fsp3) is 0.667. The van der Waals surface area contributed by atoms with Gasteiger partial charge in [0.2, 0.25) is 0 Å². The lowest BCUT2D eigenvalue weighted by atomic mass is 9.77. The quantitative estimate of drug-likeness (QED) is 0.521. The number of hydrogen-bond acceptors (Lipinski definition) is 1. The van der Waals surface area contributed by atoms with Crippen LogP contribution in [0.1, 0.15) is 62.8 Å². The van der Waals surface area contributed by atoms with Crippen molar-refractivity contribution in [1.29, 1.82) is 0 Å². The van der Waals surface area contributed by atoms with Crippen molar-refractivity contribution in [2.24, 2.45) is 5.92 Å². The van der Waals surface area contributed by atoms with Gasteiger partial charge in [-0.2, -0.15) is 0 Å². The topological polar surface area (TPSA) is 9.23 Å². The predicted molar refractivity (Wildman–Crippen MR) is 91.5 cm³/mol. The van der Waals surface area contributed by atoms with E-state index in [2.05, 4.69) is 12.1 Å². The van der Waals surface area contributed by atoms with Gasteiger partial charge in [-0.3, -0.25) is 0 Å². The first-order chi connectivity index (χ1) is 10.2. The van der Waals surface area contributed by atoms with Crippen molar-refractivity contribution in [3.63, 3.8) is 0 Å². The van der Waals surface area contributed by atoms with Gasteiger partial charge in [-0.1, -0.05) is 48.5 Å². The first-order valence-corrected chi connectivity index (χ1v) is 8.90. The number of hydrogen-bond donors (Lipinski definition) is 0. The highest BCUT2D eigenvalue weighted by Gasteiger charge is 2.22. The lowest BCUT2D eigenvalue weighted by Gasteiger charge is -2.29. The maximum absolute atomic E-state index is 6.13. The molecular weight excluding hydrogens is 303 g/mol. The van der Waals surface area contributed by atoms with E-state index in [0.29, 0.717) is 16.0 Å². The highest BCUT2D eigenvalue weighted by Crippen LogP contribution is 2.39. The molecule has 0 radical (unpaired) electrons. The fourth-order valence-corrected chi connectivity index (χ4v) is 3.71. The molecule has 0 bridgehead atoms. The van der Waals surface area contributed by atoms with Gasteiger partial charge in [0.15, 0.2) is 0 Å². The van der Waals surface area contributed by atoms with E-state index < -0.39 is 0 Å². The van der Waals surface area contributed by atoms with Crippen LogP contribution < -0.4 is 0 Å². The first kappa shape index (κ1) is 17.1. The summed E-state index contributed by atoms with van der Waals surface area (Å²) in [5.41, 5.74) is 1.36. The first-order valence-electron chi connectivity index (χ1n) is 8.14. The monoisotopic (exact) mass is 328 g/mol. The molecule has 1 aliphatic rings. The standard InChI is InChI=1S/C18H26Cl2O/c1-21-12-4-2-3-5-14-6-8-15(9-7-14)16-10-11-17(19)18(20)13-16/h10-11,13-15H,2-9,12H2,1H3/t14-,15-. The summed E-state index contributed by atoms with van der Waals surface area (Å²) in [5.74, 6) is 1.59. The predicted octanol–water partition coefficient (Wildman–Crippen LogP) is 6.47. The van der Waals surface area contributed by atoms with Crippen LogP contribution in [0.3, 0.4) is 0 Å². The van der Waals surface area contributed by atoms with Gasteiger partial charge in [0.1, 0.15) is 0 Å². The molecule has 2 rings (SSSR count). The fourth-order valence-electron chi connectivity index (χ4n) is 3.41. The van der Waals surface area contributed by atoms with Crippen LogP contribution in [0.25, 0.3) is 0 Å². The molecule has 1 aromatic rings. The van der Waals surface area contributed by atoms with E-state index in [1.54, 1.807) is 7.11 Å². The number of halogens is 2. The normalized spacial score (nSPS) is 22.4. The smallest absolute Gasteiger partial charge is 0.0595 e. The third-order valence-corrected chi connectivity index (χ3v) is 5.46. The number of methoxy groups -OCH3 is 1. The molecule has 1 saturated carbocycles. The van der Waals surface area contributed by atoms with Crippen LogP contribution in [-0.4, -0.2) is 13.7 Å². The van der Waals surface area contributed by atoms with Crippen LogP contribution in [0.5, 0.6) is 0 Å². The van der Waals surface area contributed by atoms with E-state index >= 15 is 0 Å². The van der Waals surface area contributed by atoms with Crippen molar-refractivity contribution in [3.05, 3.63) is 33.8 Å². The summed E-state index contributed by atoms with van der Waals surface area (Å²) in [6.45, 7) is 0.907. The molecule has 1 aromatic carbocycles. The second-order valence-corrected chi connectivity index (χ2v) is 7.05. The Bertz CT molecular complexity index is 425. The molecule has 0 N–H and O–H groups in total. The molecule has 21 heavy (non-hydrogen) atoms. The molecular formula is C18H26Cl2O. The van der Waals surface area contributed by atoms with Crippen molar-refractivity contribution >= 4 is 23.2 Å². The SMILES string of the molecule is COCCCCC[C@H]1CC[C@H](c2ccc(Cl)c(Cl)c2)CC1. The van der Waals surface area contributed by atoms with Crippen molar-refractivity contribution in [3.8, 4) is 0 Å². The van der Waals surface area contributed by atoms with Crippen LogP contribution in [0.2, 0.25) is 10.0 Å². The van der Waals surface area contributed by atoms with Crippen molar-refractivity contribution in [2.75, 3.05) is 13.7 Å². The number of ether oxygens (including phenoxy) is 1. The van der Waals surface area contributed by atoms with Crippen LogP contribution in [0.4, 0.5) is 0 Å². The van der Waals surface area contributed by atoms with Crippen LogP contribution >= 0.6 is 23.2 Å². The van der Waals surface area contributed by atoms with Crippen molar-refractivity contribution in [2.45, 2.75) is 57.3 Å². The van der Waals surface area contributed by atoms with Gasteiger partial charge in [-0.05, 0) is 61.6 Å². The summed E-state index contributed by atoms with van der Waals surface area (Å²) >= 11 is 12.1. The maximum Gasteiger partial charge on any atom is 0.0595 e. The van der Waals surface area contributed by atoms with Crippen molar-refractivity contribution in [1.82, 2.24) is 0 Å². The molecule has 0 saturated heterocycles. The molecule has 3 heteroatoms. The Labute approximate surface area is 139 Å². The minimum atomic E-state index is 0.658. The van der Waals surface area contributed by atoms with Gasteiger partial charge in [-0.15, -0.1) is 0 Å². The van der Waals surface area contributed by atoms with Gasteiger partial charge in [0, 0.05) is 13.7 Å². The summed E-state index contributed by atoms with van der Waals surface area (Å²) in [6, 6.07) is 6.13. The molecule has 1 fully saturated rings. The van der Waals surface area contributed by atoms with E-state index in [1.165, 1.54) is 56.9 Å². The Balaban J connectivity index is 1.71. The number of rotatable bonds is 7. The third kappa shape index (κ3) is 5.47. The Morgan fingerprint density at radius 3 is 2.43 bits per heavy atom. The van der Waals surface area contributed by atoms with E-state index in [1.807, 2.05) is 6.07 Å². The van der Waals surface area contributed by atoms with Gasteiger partial charge >= 0.3 is 0 Å². The second kappa shape index (κ2) is 9.02. The highest BCUT2D eigenvalue weighted by atomic mass is 35.5. The summed E-state index contributed by atoms with van der Waals surface area (Å²) < 4.78 is 5.09. The second-order valence-electron chi connectivity index (χ2n) is 6.23. The van der Waals surface area contributed by atoms with Gasteiger partial charge in [-0.25, -0.2) is 0 Å². The zero-order chi connectivity index (χ0) is 15.1. The maximum atomic E-state index is 6.13. The van der Waals surface area contributed by atoms with Gasteiger partial charge in [0.05, 0.1) is 10.0 Å². The lowest BCUT2D eigenvalue weighted by molar-refractivity contribution is 0.190. The summed E-state index contributed by atoms with van der Waals surface area (Å²) in [5, 5.41) is 1.35. The molecule has 0 atom stereocenters. The Morgan fingerprint density at radius 1 is 1.00 bits per heavy atom. The Morgan fingerprint density at radius 2 is 1.76 bits per heavy atom. The average Bonchev–Trinajstić information content (AvgIpc) is 2.50. The van der Waals surface area contributed by atoms with E-state index in [0.717, 1.165) is 12.5 Å². The molecule has 0 aromatic heterocycles. The minimum absolute atomic E-state index is 0.658. The lowest BCUT2D eigenvalue weighted by Crippen LogP contribution is -2.13. The summed E-state index contributed by atoms with van der Waals surface area (Å²) in [6.07, 6.45) is 10.5. The summed E-state index contributed by atoms with van der Waals surface area (Å²) in [4.78, 5) is 0. The van der Waals surface area contributed by atoms with Gasteiger partial charge < -0.3 is 4.74 Å². The van der Waals surface area contributed by atoms with Crippen LogP contribution in [-0.2, 0) is 4.74 Å².